The Morgan fingerprint density at radius 3 is 2.96 bits per heavy atom. The quantitative estimate of drug-likeness (QED) is 0.827. The van der Waals surface area contributed by atoms with Crippen molar-refractivity contribution in [2.45, 2.75) is 26.2 Å². The summed E-state index contributed by atoms with van der Waals surface area (Å²) >= 11 is 1.48. The minimum absolute atomic E-state index is 0.311. The van der Waals surface area contributed by atoms with Gasteiger partial charge in [0.1, 0.15) is 10.6 Å². The lowest BCUT2D eigenvalue weighted by molar-refractivity contribution is -0.119. The van der Waals surface area contributed by atoms with E-state index in [1.165, 1.54) is 21.8 Å². The van der Waals surface area contributed by atoms with Gasteiger partial charge in [0.05, 0.1) is 7.11 Å². The van der Waals surface area contributed by atoms with Gasteiger partial charge >= 0.3 is 5.97 Å². The molecule has 3 rings (SSSR count). The van der Waals surface area contributed by atoms with Crippen LogP contribution in [-0.2, 0) is 22.4 Å². The lowest BCUT2D eigenvalue weighted by atomic mass is 9.90. The Bertz CT molecular complexity index is 783. The van der Waals surface area contributed by atoms with Crippen LogP contribution in [0.1, 0.15) is 33.5 Å². The van der Waals surface area contributed by atoms with E-state index < -0.39 is 5.97 Å². The molecule has 0 bridgehead atoms. The van der Waals surface area contributed by atoms with Gasteiger partial charge < -0.3 is 14.8 Å². The Hall–Kier alpha value is -2.34. The van der Waals surface area contributed by atoms with Crippen molar-refractivity contribution in [2.75, 3.05) is 19.0 Å². The number of benzene rings is 1. The van der Waals surface area contributed by atoms with E-state index in [1.54, 1.807) is 31.4 Å². The number of nitrogens with one attached hydrogen (secondary N) is 1. The number of methoxy groups -OCH3 is 1. The zero-order valence-electron chi connectivity index (χ0n) is 14.3. The Morgan fingerprint density at radius 2 is 2.16 bits per heavy atom. The van der Waals surface area contributed by atoms with Crippen LogP contribution in [0.15, 0.2) is 30.3 Å². The number of aryl methyl sites for hydroxylation is 1. The van der Waals surface area contributed by atoms with Crippen molar-refractivity contribution >= 4 is 28.9 Å². The molecule has 2 aromatic rings. The molecule has 5 nitrogen and oxygen atoms in total. The highest BCUT2D eigenvalue weighted by Gasteiger charge is 2.21. The molecule has 132 valence electrons. The lowest BCUT2D eigenvalue weighted by Crippen LogP contribution is -2.20. The molecule has 25 heavy (non-hydrogen) atoms. The van der Waals surface area contributed by atoms with Gasteiger partial charge in [0.15, 0.2) is 6.61 Å². The molecule has 1 atom stereocenters. The van der Waals surface area contributed by atoms with Gasteiger partial charge in [-0.1, -0.05) is 13.0 Å². The normalized spacial score (nSPS) is 16.0. The van der Waals surface area contributed by atoms with E-state index in [0.29, 0.717) is 22.2 Å². The highest BCUT2D eigenvalue weighted by molar-refractivity contribution is 7.14. The highest BCUT2D eigenvalue weighted by atomic mass is 32.1. The fourth-order valence-electron chi connectivity index (χ4n) is 2.91. The number of hydrogen-bond acceptors (Lipinski definition) is 5. The molecule has 0 aliphatic heterocycles. The number of hydrogen-bond donors (Lipinski definition) is 1. The molecule has 0 saturated carbocycles. The maximum absolute atomic E-state index is 12.2. The van der Waals surface area contributed by atoms with Crippen LogP contribution in [-0.4, -0.2) is 25.6 Å². The summed E-state index contributed by atoms with van der Waals surface area (Å²) in [7, 11) is 1.56. The number of carbonyl (C=O) groups excluding carboxylic acids is 2. The van der Waals surface area contributed by atoms with Crippen LogP contribution in [0.2, 0.25) is 0 Å². The van der Waals surface area contributed by atoms with E-state index in [0.717, 1.165) is 19.3 Å². The minimum Gasteiger partial charge on any atom is -0.497 e. The Kier molecular flexibility index (Phi) is 5.38. The molecule has 1 heterocycles. The fraction of sp³-hybridized carbons (Fsp3) is 0.368. The van der Waals surface area contributed by atoms with E-state index in [-0.39, 0.29) is 12.5 Å². The van der Waals surface area contributed by atoms with Crippen molar-refractivity contribution in [1.29, 1.82) is 0 Å². The third kappa shape index (κ3) is 4.39. The molecule has 1 aromatic carbocycles. The third-order valence-electron chi connectivity index (χ3n) is 4.22. The van der Waals surface area contributed by atoms with Gasteiger partial charge in [-0.3, -0.25) is 4.79 Å². The summed E-state index contributed by atoms with van der Waals surface area (Å²) < 4.78 is 10.3. The first-order chi connectivity index (χ1) is 12.0. The smallest absolute Gasteiger partial charge is 0.348 e. The summed E-state index contributed by atoms with van der Waals surface area (Å²) in [5.41, 5.74) is 1.84. The summed E-state index contributed by atoms with van der Waals surface area (Å²) in [4.78, 5) is 26.0. The number of anilines is 1. The number of amides is 1. The molecule has 1 aliphatic carbocycles. The van der Waals surface area contributed by atoms with E-state index in [1.807, 2.05) is 6.07 Å². The zero-order chi connectivity index (χ0) is 17.8. The van der Waals surface area contributed by atoms with Crippen LogP contribution >= 0.6 is 11.3 Å². The van der Waals surface area contributed by atoms with E-state index >= 15 is 0 Å². The first-order valence-electron chi connectivity index (χ1n) is 8.27. The van der Waals surface area contributed by atoms with E-state index in [4.69, 9.17) is 9.47 Å². The van der Waals surface area contributed by atoms with Crippen LogP contribution in [0.5, 0.6) is 5.75 Å². The summed E-state index contributed by atoms with van der Waals surface area (Å²) in [5, 5.41) is 2.69. The Balaban J connectivity index is 1.54. The summed E-state index contributed by atoms with van der Waals surface area (Å²) in [6.07, 6.45) is 3.19. The summed E-state index contributed by atoms with van der Waals surface area (Å²) in [6, 6.07) is 8.93. The molecular formula is C19H21NO4S. The summed E-state index contributed by atoms with van der Waals surface area (Å²) in [5.74, 6) is 0.484. The molecule has 0 saturated heterocycles. The second-order valence-electron chi connectivity index (χ2n) is 6.26. The number of esters is 1. The van der Waals surface area contributed by atoms with Gasteiger partial charge in [-0.15, -0.1) is 11.3 Å². The molecule has 0 fully saturated rings. The van der Waals surface area contributed by atoms with Crippen molar-refractivity contribution < 1.29 is 19.1 Å². The average molecular weight is 359 g/mol. The predicted octanol–water partition coefficient (Wildman–Crippen LogP) is 3.68. The molecule has 1 N–H and O–H groups in total. The third-order valence-corrected chi connectivity index (χ3v) is 5.44. The van der Waals surface area contributed by atoms with Gasteiger partial charge in [0, 0.05) is 16.6 Å². The van der Waals surface area contributed by atoms with E-state index in [2.05, 4.69) is 12.2 Å². The number of thiophene rings is 1. The second kappa shape index (κ2) is 7.70. The molecule has 1 aliphatic rings. The van der Waals surface area contributed by atoms with Gasteiger partial charge in [-0.25, -0.2) is 4.79 Å². The van der Waals surface area contributed by atoms with Gasteiger partial charge in [0.25, 0.3) is 5.91 Å². The number of rotatable bonds is 5. The molecule has 0 unspecified atom stereocenters. The van der Waals surface area contributed by atoms with Crippen molar-refractivity contribution in [1.82, 2.24) is 0 Å². The van der Waals surface area contributed by atoms with Crippen LogP contribution < -0.4 is 10.1 Å². The minimum atomic E-state index is -0.437. The zero-order valence-corrected chi connectivity index (χ0v) is 15.2. The van der Waals surface area contributed by atoms with Crippen molar-refractivity contribution in [3.05, 3.63) is 45.6 Å². The monoisotopic (exact) mass is 359 g/mol. The molecule has 6 heteroatoms. The van der Waals surface area contributed by atoms with Crippen molar-refractivity contribution in [3.63, 3.8) is 0 Å². The molecule has 0 radical (unpaired) electrons. The molecule has 1 aromatic heterocycles. The number of carbonyl (C=O) groups is 2. The largest absolute Gasteiger partial charge is 0.497 e. The SMILES string of the molecule is COc1cccc(NC(=O)COC(=O)c2cc3c(s2)CC[C@H](C)C3)c1. The second-order valence-corrected chi connectivity index (χ2v) is 7.40. The molecule has 0 spiro atoms. The van der Waals surface area contributed by atoms with Crippen LogP contribution in [0.3, 0.4) is 0 Å². The van der Waals surface area contributed by atoms with E-state index in [9.17, 15) is 9.59 Å². The molecular weight excluding hydrogens is 338 g/mol. The molecule has 1 amide bonds. The maximum atomic E-state index is 12.2. The summed E-state index contributed by atoms with van der Waals surface area (Å²) in [6.45, 7) is 1.91. The highest BCUT2D eigenvalue weighted by Crippen LogP contribution is 2.32. The van der Waals surface area contributed by atoms with Gasteiger partial charge in [-0.2, -0.15) is 0 Å². The first kappa shape index (κ1) is 17.5. The van der Waals surface area contributed by atoms with Gasteiger partial charge in [0.2, 0.25) is 0 Å². The Labute approximate surface area is 151 Å². The Morgan fingerprint density at radius 1 is 1.32 bits per heavy atom. The van der Waals surface area contributed by atoms with Crippen LogP contribution in [0.25, 0.3) is 0 Å². The van der Waals surface area contributed by atoms with Gasteiger partial charge in [-0.05, 0) is 48.9 Å². The average Bonchev–Trinajstić information content (AvgIpc) is 3.03. The van der Waals surface area contributed by atoms with Crippen LogP contribution in [0.4, 0.5) is 5.69 Å². The maximum Gasteiger partial charge on any atom is 0.348 e. The van der Waals surface area contributed by atoms with Crippen molar-refractivity contribution in [3.8, 4) is 5.75 Å². The predicted molar refractivity (Wildman–Crippen MR) is 97.4 cm³/mol. The standard InChI is InChI=1S/C19H21NO4S/c1-12-6-7-16-13(8-12)9-17(25-16)19(22)24-11-18(21)20-14-4-3-5-15(10-14)23-2/h3-5,9-10,12H,6-8,11H2,1-2H3,(H,20,21)/t12-/m0/s1. The number of ether oxygens (including phenoxy) is 2. The van der Waals surface area contributed by atoms with Crippen molar-refractivity contribution in [2.24, 2.45) is 5.92 Å². The number of fused-ring (bicyclic) bond motifs is 1. The first-order valence-corrected chi connectivity index (χ1v) is 9.09. The topological polar surface area (TPSA) is 64.6 Å². The lowest BCUT2D eigenvalue weighted by Gasteiger charge is -2.16. The fourth-order valence-corrected chi connectivity index (χ4v) is 4.01. The van der Waals surface area contributed by atoms with Crippen LogP contribution in [0, 0.1) is 5.92 Å².